The maximum absolute atomic E-state index is 12.0. The normalized spacial score (nSPS) is 10.4. The van der Waals surface area contributed by atoms with Crippen molar-refractivity contribution in [1.82, 2.24) is 0 Å². The zero-order valence-electron chi connectivity index (χ0n) is 10.9. The van der Waals surface area contributed by atoms with Gasteiger partial charge in [-0.3, -0.25) is 0 Å². The summed E-state index contributed by atoms with van der Waals surface area (Å²) in [5, 5.41) is 2.07. The van der Waals surface area contributed by atoms with E-state index in [-0.39, 0.29) is 5.97 Å². The van der Waals surface area contributed by atoms with Crippen LogP contribution in [0.15, 0.2) is 66.7 Å². The summed E-state index contributed by atoms with van der Waals surface area (Å²) in [5.41, 5.74) is 1.55. The topological polar surface area (TPSA) is 26.3 Å². The molecule has 0 spiro atoms. The van der Waals surface area contributed by atoms with E-state index in [0.29, 0.717) is 12.2 Å². The van der Waals surface area contributed by atoms with Crippen LogP contribution in [0.25, 0.3) is 10.8 Å². The molecule has 0 N–H and O–H groups in total. The molecule has 0 amide bonds. The predicted octanol–water partition coefficient (Wildman–Crippen LogP) is 4.00. The van der Waals surface area contributed by atoms with E-state index in [1.54, 1.807) is 6.07 Å². The molecule has 0 bridgehead atoms. The highest BCUT2D eigenvalue weighted by Gasteiger charge is 2.07. The first-order valence-corrected chi connectivity index (χ1v) is 6.44. The van der Waals surface area contributed by atoms with Crippen LogP contribution in [0.1, 0.15) is 15.9 Å². The number of benzene rings is 3. The van der Waals surface area contributed by atoms with E-state index in [1.165, 1.54) is 0 Å². The fraction of sp³-hybridized carbons (Fsp3) is 0.0556. The Labute approximate surface area is 117 Å². The fourth-order valence-electron chi connectivity index (χ4n) is 2.06. The minimum atomic E-state index is -0.302. The lowest BCUT2D eigenvalue weighted by molar-refractivity contribution is 0.0473. The molecule has 2 nitrogen and oxygen atoms in total. The Morgan fingerprint density at radius 1 is 1.00 bits per heavy atom. The number of rotatable bonds is 3. The molecule has 2 heteroatoms. The van der Waals surface area contributed by atoms with Crippen LogP contribution in [0.5, 0.6) is 0 Å². The molecule has 1 radical (unpaired) electrons. The number of esters is 1. The quantitative estimate of drug-likeness (QED) is 0.666. The van der Waals surface area contributed by atoms with Gasteiger partial charge in [-0.1, -0.05) is 48.5 Å². The molecule has 0 aliphatic rings. The smallest absolute Gasteiger partial charge is 0.338 e. The maximum atomic E-state index is 12.0. The average molecular weight is 261 g/mol. The third-order valence-electron chi connectivity index (χ3n) is 3.13. The summed E-state index contributed by atoms with van der Waals surface area (Å²) in [7, 11) is 0. The van der Waals surface area contributed by atoms with Gasteiger partial charge in [-0.05, 0) is 40.6 Å². The van der Waals surface area contributed by atoms with Crippen molar-refractivity contribution < 1.29 is 9.53 Å². The highest BCUT2D eigenvalue weighted by Crippen LogP contribution is 2.16. The summed E-state index contributed by atoms with van der Waals surface area (Å²) in [4.78, 5) is 12.0. The molecular weight excluding hydrogens is 248 g/mol. The molecule has 0 saturated carbocycles. The van der Waals surface area contributed by atoms with Crippen LogP contribution in [-0.2, 0) is 11.3 Å². The summed E-state index contributed by atoms with van der Waals surface area (Å²) < 4.78 is 5.32. The van der Waals surface area contributed by atoms with Gasteiger partial charge in [0.1, 0.15) is 6.61 Å². The van der Waals surface area contributed by atoms with Gasteiger partial charge in [0.15, 0.2) is 0 Å². The van der Waals surface area contributed by atoms with E-state index < -0.39 is 0 Å². The first kappa shape index (κ1) is 12.4. The highest BCUT2D eigenvalue weighted by atomic mass is 16.5. The van der Waals surface area contributed by atoms with E-state index in [4.69, 9.17) is 4.74 Å². The Hall–Kier alpha value is -2.61. The summed E-state index contributed by atoms with van der Waals surface area (Å²) >= 11 is 0. The van der Waals surface area contributed by atoms with E-state index in [9.17, 15) is 4.79 Å². The van der Waals surface area contributed by atoms with Crippen molar-refractivity contribution in [2.45, 2.75) is 6.61 Å². The molecule has 3 aromatic rings. The highest BCUT2D eigenvalue weighted by molar-refractivity contribution is 5.95. The van der Waals surface area contributed by atoms with Crippen molar-refractivity contribution in [3.63, 3.8) is 0 Å². The Morgan fingerprint density at radius 3 is 2.70 bits per heavy atom. The lowest BCUT2D eigenvalue weighted by Gasteiger charge is -2.06. The van der Waals surface area contributed by atoms with Crippen LogP contribution in [0.3, 0.4) is 0 Å². The van der Waals surface area contributed by atoms with Gasteiger partial charge in [0, 0.05) is 0 Å². The molecule has 0 unspecified atom stereocenters. The second kappa shape index (κ2) is 5.57. The fourth-order valence-corrected chi connectivity index (χ4v) is 2.06. The molecular formula is C18H13O2. The first-order chi connectivity index (χ1) is 9.83. The van der Waals surface area contributed by atoms with E-state index in [1.807, 2.05) is 60.7 Å². The second-order valence-electron chi connectivity index (χ2n) is 4.55. The Balaban J connectivity index is 1.75. The third kappa shape index (κ3) is 2.69. The summed E-state index contributed by atoms with van der Waals surface area (Å²) in [6.45, 7) is 0.292. The molecule has 0 atom stereocenters. The largest absolute Gasteiger partial charge is 0.457 e. The SMILES string of the molecule is O=C(OCc1ccccc1)c1ccc2c[c]ccc2c1. The van der Waals surface area contributed by atoms with Crippen molar-refractivity contribution in [3.8, 4) is 0 Å². The molecule has 0 heterocycles. The number of ether oxygens (including phenoxy) is 1. The van der Waals surface area contributed by atoms with Gasteiger partial charge >= 0.3 is 5.97 Å². The monoisotopic (exact) mass is 261 g/mol. The molecule has 3 rings (SSSR count). The summed E-state index contributed by atoms with van der Waals surface area (Å²) in [5.74, 6) is -0.302. The van der Waals surface area contributed by atoms with Crippen LogP contribution in [0, 0.1) is 6.07 Å². The number of hydrogen-bond donors (Lipinski definition) is 0. The number of carbonyl (C=O) groups is 1. The Kier molecular flexibility index (Phi) is 3.46. The molecule has 0 fully saturated rings. The lowest BCUT2D eigenvalue weighted by atomic mass is 10.1. The minimum Gasteiger partial charge on any atom is -0.457 e. The van der Waals surface area contributed by atoms with Gasteiger partial charge < -0.3 is 4.74 Å². The maximum Gasteiger partial charge on any atom is 0.338 e. The van der Waals surface area contributed by atoms with Crippen molar-refractivity contribution >= 4 is 16.7 Å². The van der Waals surface area contributed by atoms with Gasteiger partial charge in [-0.25, -0.2) is 4.79 Å². The van der Waals surface area contributed by atoms with E-state index >= 15 is 0 Å². The summed E-state index contributed by atoms with van der Waals surface area (Å²) in [6, 6.07) is 23.9. The average Bonchev–Trinajstić information content (AvgIpc) is 2.53. The van der Waals surface area contributed by atoms with Crippen molar-refractivity contribution in [3.05, 3.63) is 83.9 Å². The predicted molar refractivity (Wildman–Crippen MR) is 78.3 cm³/mol. The van der Waals surface area contributed by atoms with Crippen molar-refractivity contribution in [1.29, 1.82) is 0 Å². The van der Waals surface area contributed by atoms with Crippen LogP contribution in [-0.4, -0.2) is 5.97 Å². The molecule has 0 aliphatic carbocycles. The number of fused-ring (bicyclic) bond motifs is 1. The zero-order valence-corrected chi connectivity index (χ0v) is 10.9. The van der Waals surface area contributed by atoms with Gasteiger partial charge in [0.25, 0.3) is 0 Å². The Morgan fingerprint density at radius 2 is 1.85 bits per heavy atom. The molecule has 97 valence electrons. The van der Waals surface area contributed by atoms with Gasteiger partial charge in [0.05, 0.1) is 5.56 Å². The lowest BCUT2D eigenvalue weighted by Crippen LogP contribution is -2.05. The van der Waals surface area contributed by atoms with Crippen LogP contribution < -0.4 is 0 Å². The first-order valence-electron chi connectivity index (χ1n) is 6.44. The van der Waals surface area contributed by atoms with Crippen molar-refractivity contribution in [2.24, 2.45) is 0 Å². The van der Waals surface area contributed by atoms with Gasteiger partial charge in [0.2, 0.25) is 0 Å². The standard InChI is InChI=1S/C18H13O2/c19-18(20-13-14-6-2-1-3-7-14)17-11-10-15-8-4-5-9-16(15)12-17/h1-3,5-12H,13H2. The van der Waals surface area contributed by atoms with Crippen molar-refractivity contribution in [2.75, 3.05) is 0 Å². The van der Waals surface area contributed by atoms with Crippen LogP contribution in [0.4, 0.5) is 0 Å². The Bertz CT molecular complexity index is 733. The molecule has 3 aromatic carbocycles. The van der Waals surface area contributed by atoms with E-state index in [2.05, 4.69) is 6.07 Å². The van der Waals surface area contributed by atoms with Gasteiger partial charge in [-0.2, -0.15) is 0 Å². The third-order valence-corrected chi connectivity index (χ3v) is 3.13. The molecule has 20 heavy (non-hydrogen) atoms. The molecule has 0 aromatic heterocycles. The van der Waals surface area contributed by atoms with Gasteiger partial charge in [-0.15, -0.1) is 0 Å². The molecule has 0 saturated heterocycles. The number of carbonyl (C=O) groups excluding carboxylic acids is 1. The van der Waals surface area contributed by atoms with Crippen LogP contribution >= 0.6 is 0 Å². The zero-order chi connectivity index (χ0) is 13.8. The van der Waals surface area contributed by atoms with Crippen LogP contribution in [0.2, 0.25) is 0 Å². The second-order valence-corrected chi connectivity index (χ2v) is 4.55. The minimum absolute atomic E-state index is 0.292. The summed E-state index contributed by atoms with van der Waals surface area (Å²) in [6.07, 6.45) is 0. The molecule has 0 aliphatic heterocycles. The van der Waals surface area contributed by atoms with E-state index in [0.717, 1.165) is 16.3 Å². The number of hydrogen-bond acceptors (Lipinski definition) is 2.